The third-order valence-electron chi connectivity index (χ3n) is 10.8. The number of rotatable bonds is 26. The summed E-state index contributed by atoms with van der Waals surface area (Å²) in [6.45, 7) is 46.4. The van der Waals surface area contributed by atoms with Gasteiger partial charge in [0.15, 0.2) is 24.9 Å². The maximum atomic E-state index is 11.6. The van der Waals surface area contributed by atoms with E-state index in [1.807, 2.05) is 62.3 Å². The quantitative estimate of drug-likeness (QED) is 0.0337. The minimum absolute atomic E-state index is 0.131. The Kier molecular flexibility index (Phi) is 50.4. The second kappa shape index (κ2) is 48.8. The molecular weight excluding hydrogens is 1270 g/mol. The van der Waals surface area contributed by atoms with Gasteiger partial charge in [-0.3, -0.25) is 57.5 Å². The van der Waals surface area contributed by atoms with Crippen LogP contribution in [0.1, 0.15) is 239 Å². The summed E-state index contributed by atoms with van der Waals surface area (Å²) in [6, 6.07) is 0. The van der Waals surface area contributed by atoms with E-state index in [1.54, 1.807) is 62.3 Å². The normalized spacial score (nSPS) is 12.5. The first-order chi connectivity index (χ1) is 43.1. The summed E-state index contributed by atoms with van der Waals surface area (Å²) in [4.78, 5) is 177. The molecule has 0 aliphatic heterocycles. The lowest BCUT2D eigenvalue weighted by atomic mass is 9.88. The van der Waals surface area contributed by atoms with E-state index in [0.717, 1.165) is 0 Å². The summed E-state index contributed by atoms with van der Waals surface area (Å²) < 4.78 is 61.3. The fraction of sp³-hybridized carbons (Fsp3) is 0.761. The number of carbonyl (C=O) groups excluding carboxylic acids is 16. The van der Waals surface area contributed by atoms with Crippen molar-refractivity contribution in [3.05, 3.63) is 0 Å². The molecule has 5 atom stereocenters. The van der Waals surface area contributed by atoms with Crippen molar-refractivity contribution in [2.45, 2.75) is 270 Å². The molecule has 0 radical (unpaired) electrons. The highest BCUT2D eigenvalue weighted by atomic mass is 16.7. The van der Waals surface area contributed by atoms with Gasteiger partial charge in [-0.05, 0) is 102 Å². The third kappa shape index (κ3) is 62.2. The Morgan fingerprint density at radius 2 is 0.552 bits per heavy atom. The minimum Gasteiger partial charge on any atom is -0.466 e. The van der Waals surface area contributed by atoms with Crippen molar-refractivity contribution in [1.29, 1.82) is 0 Å². The lowest BCUT2D eigenvalue weighted by Crippen LogP contribution is -2.33. The van der Waals surface area contributed by atoms with E-state index in [2.05, 4.69) is 28.4 Å². The highest BCUT2D eigenvalue weighted by Gasteiger charge is 2.30. The van der Waals surface area contributed by atoms with Crippen molar-refractivity contribution >= 4 is 95.0 Å². The standard InChI is InChI=1S/C13H22O5.C12H20O6.C12H20O5.C11H18O6.C10H18O3.C9H16O4/c1-9(18-10(2)14)12(16)17-8-6-7-11(15)13(3,4)5;1-7(16-8(2)13)10(14)17-9(3)18-11(15)12(4,5)6;1-9(13)17-8-11(15)16-7-5-6-10(14)12(2,3)4;1-7(17-8(2)12)9(13)15-6-16-10(14)11(3,4)5;1-8(11)13-7-5-6-9(12)10(2,3)4;1-6(10)12-7(2)13-8(11)9(3,4)5/h9H,6-8H2,1-5H3;7,9H,1-6H3;5-8H2,1-4H3;7H,6H2,1-5H3;5-7H2,1-4H3;7H,1-5H3. The summed E-state index contributed by atoms with van der Waals surface area (Å²) in [5.74, 6) is -6.56. The maximum absolute atomic E-state index is 11.6. The molecule has 0 aromatic rings. The fourth-order valence-electron chi connectivity index (χ4n) is 5.28. The highest BCUT2D eigenvalue weighted by Crippen LogP contribution is 2.21. The van der Waals surface area contributed by atoms with Gasteiger partial charge in [-0.15, -0.1) is 0 Å². The number of ketones is 3. The van der Waals surface area contributed by atoms with Crippen LogP contribution < -0.4 is 0 Å². The fourth-order valence-corrected chi connectivity index (χ4v) is 5.28. The molecule has 0 aliphatic rings. The first kappa shape index (κ1) is 99.2. The number of ether oxygens (including phenoxy) is 13. The molecule has 5 unspecified atom stereocenters. The zero-order chi connectivity index (χ0) is 77.1. The summed E-state index contributed by atoms with van der Waals surface area (Å²) in [5.41, 5.74) is -2.92. The van der Waals surface area contributed by atoms with Gasteiger partial charge >= 0.3 is 77.6 Å². The third-order valence-corrected chi connectivity index (χ3v) is 10.8. The number of esters is 13. The van der Waals surface area contributed by atoms with E-state index in [4.69, 9.17) is 33.2 Å². The smallest absolute Gasteiger partial charge is 0.350 e. The van der Waals surface area contributed by atoms with Gasteiger partial charge in [0.1, 0.15) is 17.3 Å². The topological polar surface area (TPSA) is 393 Å². The van der Waals surface area contributed by atoms with Crippen LogP contribution in [-0.2, 0) is 138 Å². The van der Waals surface area contributed by atoms with E-state index in [9.17, 15) is 76.7 Å². The Morgan fingerprint density at radius 1 is 0.271 bits per heavy atom. The molecule has 0 rings (SSSR count). The average Bonchev–Trinajstić information content (AvgIpc) is 1.26. The molecule has 0 bridgehead atoms. The van der Waals surface area contributed by atoms with Crippen LogP contribution in [0, 0.1) is 32.5 Å². The van der Waals surface area contributed by atoms with E-state index < -0.39 is 120 Å². The Labute approximate surface area is 567 Å². The molecule has 0 spiro atoms. The summed E-state index contributed by atoms with van der Waals surface area (Å²) in [7, 11) is 0. The molecular formula is C67H114O29. The number of carbonyl (C=O) groups is 16. The summed E-state index contributed by atoms with van der Waals surface area (Å²) in [5, 5.41) is 0. The molecule has 0 saturated carbocycles. The van der Waals surface area contributed by atoms with Crippen LogP contribution in [0.25, 0.3) is 0 Å². The molecule has 0 aliphatic carbocycles. The monoisotopic (exact) mass is 1380 g/mol. The lowest BCUT2D eigenvalue weighted by molar-refractivity contribution is -0.198. The zero-order valence-corrected chi connectivity index (χ0v) is 62.5. The average molecular weight is 1380 g/mol. The Bertz CT molecular complexity index is 2500. The van der Waals surface area contributed by atoms with Crippen molar-refractivity contribution in [2.24, 2.45) is 32.5 Å². The van der Waals surface area contributed by atoms with Gasteiger partial charge in [0.25, 0.3) is 0 Å². The van der Waals surface area contributed by atoms with Crippen molar-refractivity contribution in [3.63, 3.8) is 0 Å². The van der Waals surface area contributed by atoms with Crippen LogP contribution >= 0.6 is 0 Å². The molecule has 96 heavy (non-hydrogen) atoms. The predicted octanol–water partition coefficient (Wildman–Crippen LogP) is 9.24. The van der Waals surface area contributed by atoms with Crippen molar-refractivity contribution in [3.8, 4) is 0 Å². The first-order valence-electron chi connectivity index (χ1n) is 31.0. The summed E-state index contributed by atoms with van der Waals surface area (Å²) in [6.07, 6.45) is -1.96. The molecule has 29 heteroatoms. The Hall–Kier alpha value is -7.88. The van der Waals surface area contributed by atoms with Crippen molar-refractivity contribution in [2.75, 3.05) is 33.2 Å². The number of Topliss-reactive ketones (excluding diaryl/α,β-unsaturated/α-hetero) is 3. The van der Waals surface area contributed by atoms with Crippen molar-refractivity contribution in [1.82, 2.24) is 0 Å². The molecule has 0 aromatic carbocycles. The van der Waals surface area contributed by atoms with Gasteiger partial charge in [-0.1, -0.05) is 62.3 Å². The Morgan fingerprint density at radius 3 is 0.844 bits per heavy atom. The van der Waals surface area contributed by atoms with Gasteiger partial charge in [-0.2, -0.15) is 0 Å². The van der Waals surface area contributed by atoms with Crippen LogP contribution in [0.3, 0.4) is 0 Å². The molecule has 0 N–H and O–H groups in total. The van der Waals surface area contributed by atoms with Crippen LogP contribution in [0.2, 0.25) is 0 Å². The van der Waals surface area contributed by atoms with Gasteiger partial charge in [0, 0.05) is 90.9 Å². The Balaban J connectivity index is -0.000000254. The zero-order valence-electron chi connectivity index (χ0n) is 62.5. The van der Waals surface area contributed by atoms with Crippen molar-refractivity contribution < 1.29 is 138 Å². The van der Waals surface area contributed by atoms with Gasteiger partial charge in [0.2, 0.25) is 19.4 Å². The molecule has 0 amide bonds. The largest absolute Gasteiger partial charge is 0.466 e. The summed E-state index contributed by atoms with van der Waals surface area (Å²) >= 11 is 0. The van der Waals surface area contributed by atoms with E-state index in [1.165, 1.54) is 76.2 Å². The molecule has 29 nitrogen and oxygen atoms in total. The van der Waals surface area contributed by atoms with E-state index >= 15 is 0 Å². The van der Waals surface area contributed by atoms with Crippen LogP contribution in [0.5, 0.6) is 0 Å². The SMILES string of the molecule is CC(=O)OC(C)C(=O)OC(C)OC(=O)C(C)(C)C.CC(=O)OC(C)C(=O)OCCCC(=O)C(C)(C)C.CC(=O)OC(C)C(=O)OCOC(=O)C(C)(C)C.CC(=O)OC(C)OC(=O)C(C)(C)C.CC(=O)OCC(=O)OCCCC(=O)C(C)(C)C.CC(=O)OCCCC(=O)C(C)(C)C. The van der Waals surface area contributed by atoms with E-state index in [-0.39, 0.29) is 65.4 Å². The number of hydrogen-bond acceptors (Lipinski definition) is 29. The minimum atomic E-state index is -1.03. The highest BCUT2D eigenvalue weighted by molar-refractivity contribution is 5.85. The first-order valence-corrected chi connectivity index (χ1v) is 31.0. The molecule has 556 valence electrons. The van der Waals surface area contributed by atoms with Gasteiger partial charge < -0.3 is 61.6 Å². The molecule has 0 fully saturated rings. The van der Waals surface area contributed by atoms with Gasteiger partial charge in [0.05, 0.1) is 36.1 Å². The number of hydrogen-bond donors (Lipinski definition) is 0. The van der Waals surface area contributed by atoms with Crippen LogP contribution in [-0.4, -0.2) is 159 Å². The lowest BCUT2D eigenvalue weighted by Gasteiger charge is -2.21. The van der Waals surface area contributed by atoms with Crippen LogP contribution in [0.4, 0.5) is 0 Å². The second-order valence-corrected chi connectivity index (χ2v) is 27.3. The molecule has 0 aromatic heterocycles. The second-order valence-electron chi connectivity index (χ2n) is 27.3. The molecule has 0 heterocycles. The van der Waals surface area contributed by atoms with E-state index in [0.29, 0.717) is 45.1 Å². The van der Waals surface area contributed by atoms with Gasteiger partial charge in [-0.25, -0.2) is 19.2 Å². The molecule has 0 saturated heterocycles. The predicted molar refractivity (Wildman–Crippen MR) is 344 cm³/mol. The van der Waals surface area contributed by atoms with Crippen LogP contribution in [0.15, 0.2) is 0 Å². The maximum Gasteiger partial charge on any atom is 0.350 e.